The second kappa shape index (κ2) is 16.9. The lowest BCUT2D eigenvalue weighted by Gasteiger charge is -2.34. The van der Waals surface area contributed by atoms with Crippen LogP contribution in [0.3, 0.4) is 0 Å². The van der Waals surface area contributed by atoms with Gasteiger partial charge in [0.25, 0.3) is 10.0 Å². The molecular formula is C36H40ClN3O6S. The number of nitrogens with one attached hydrogen (secondary N) is 1. The van der Waals surface area contributed by atoms with Crippen LogP contribution in [0.4, 0.5) is 5.69 Å². The molecule has 2 amide bonds. The molecule has 0 bridgehead atoms. The topological polar surface area (TPSA) is 105 Å². The molecule has 1 N–H and O–H groups in total. The minimum atomic E-state index is -4.26. The lowest BCUT2D eigenvalue weighted by atomic mass is 10.0. The summed E-state index contributed by atoms with van der Waals surface area (Å²) in [6, 6.07) is 28.0. The summed E-state index contributed by atoms with van der Waals surface area (Å²) in [7, 11) is -1.33. The van der Waals surface area contributed by atoms with Crippen molar-refractivity contribution in [3.63, 3.8) is 0 Å². The Bertz CT molecular complexity index is 1720. The van der Waals surface area contributed by atoms with E-state index in [2.05, 4.69) is 5.32 Å². The number of benzene rings is 4. The van der Waals surface area contributed by atoms with E-state index in [1.807, 2.05) is 37.3 Å². The lowest BCUT2D eigenvalue weighted by molar-refractivity contribution is -0.140. The van der Waals surface area contributed by atoms with Crippen LogP contribution in [0.25, 0.3) is 0 Å². The maximum atomic E-state index is 14.6. The van der Waals surface area contributed by atoms with Gasteiger partial charge in [-0.3, -0.25) is 13.9 Å². The van der Waals surface area contributed by atoms with Crippen LogP contribution in [-0.4, -0.2) is 58.5 Å². The third-order valence-corrected chi connectivity index (χ3v) is 9.67. The molecule has 0 aliphatic carbocycles. The molecule has 47 heavy (non-hydrogen) atoms. The zero-order valence-corrected chi connectivity index (χ0v) is 28.3. The van der Waals surface area contributed by atoms with Gasteiger partial charge in [0.1, 0.15) is 12.6 Å². The number of sulfonamides is 1. The maximum Gasteiger partial charge on any atom is 0.264 e. The number of carbonyl (C=O) groups is 2. The maximum absolute atomic E-state index is 14.6. The van der Waals surface area contributed by atoms with Crippen molar-refractivity contribution in [1.29, 1.82) is 0 Å². The molecule has 11 heteroatoms. The molecule has 4 rings (SSSR count). The second-order valence-corrected chi connectivity index (χ2v) is 13.2. The van der Waals surface area contributed by atoms with Crippen LogP contribution in [0.15, 0.2) is 108 Å². The predicted octanol–water partition coefficient (Wildman–Crippen LogP) is 6.11. The molecule has 4 aromatic carbocycles. The molecule has 0 heterocycles. The van der Waals surface area contributed by atoms with Gasteiger partial charge in [0.05, 0.1) is 24.8 Å². The van der Waals surface area contributed by atoms with Crippen molar-refractivity contribution in [2.75, 3.05) is 31.6 Å². The average Bonchev–Trinajstić information content (AvgIpc) is 3.10. The highest BCUT2D eigenvalue weighted by Gasteiger charge is 2.35. The summed E-state index contributed by atoms with van der Waals surface area (Å²) >= 11 is 6.16. The first kappa shape index (κ1) is 35.3. The minimum Gasteiger partial charge on any atom is -0.493 e. The third kappa shape index (κ3) is 9.27. The molecule has 0 aromatic heterocycles. The molecule has 0 aliphatic heterocycles. The molecule has 0 saturated heterocycles. The Labute approximate surface area is 282 Å². The summed E-state index contributed by atoms with van der Waals surface area (Å²) < 4.78 is 40.3. The normalized spacial score (nSPS) is 11.7. The van der Waals surface area contributed by atoms with Crippen molar-refractivity contribution in [3.8, 4) is 11.5 Å². The van der Waals surface area contributed by atoms with E-state index in [4.69, 9.17) is 21.1 Å². The molecule has 4 aromatic rings. The number of hydrogen-bond acceptors (Lipinski definition) is 6. The zero-order chi connectivity index (χ0) is 33.8. The largest absolute Gasteiger partial charge is 0.493 e. The Hall–Kier alpha value is -4.54. The number of anilines is 1. The Kier molecular flexibility index (Phi) is 12.7. The summed E-state index contributed by atoms with van der Waals surface area (Å²) in [6.07, 6.45) is 1.88. The molecule has 9 nitrogen and oxygen atoms in total. The van der Waals surface area contributed by atoms with Crippen molar-refractivity contribution in [1.82, 2.24) is 10.2 Å². The van der Waals surface area contributed by atoms with E-state index < -0.39 is 28.5 Å². The summed E-state index contributed by atoms with van der Waals surface area (Å²) in [5, 5.41) is 3.51. The Morgan fingerprint density at radius 3 is 2.09 bits per heavy atom. The average molecular weight is 678 g/mol. The lowest BCUT2D eigenvalue weighted by Crippen LogP contribution is -2.53. The number of methoxy groups -OCH3 is 2. The predicted molar refractivity (Wildman–Crippen MR) is 184 cm³/mol. The van der Waals surface area contributed by atoms with Crippen molar-refractivity contribution in [2.24, 2.45) is 0 Å². The van der Waals surface area contributed by atoms with Crippen molar-refractivity contribution < 1.29 is 27.5 Å². The third-order valence-electron chi connectivity index (χ3n) is 7.63. The van der Waals surface area contributed by atoms with Crippen LogP contribution in [-0.2, 0) is 32.6 Å². The van der Waals surface area contributed by atoms with Gasteiger partial charge in [0.2, 0.25) is 11.8 Å². The highest BCUT2D eigenvalue weighted by atomic mass is 35.5. The highest BCUT2D eigenvalue weighted by molar-refractivity contribution is 7.92. The SMILES string of the molecule is CCCCNC(=O)C(Cc1ccccc1)N(Cc1ccc(Cl)cc1)C(=O)CN(c1ccc(OC)c(OC)c1)S(=O)(=O)c1ccccc1. The minimum absolute atomic E-state index is 0.00461. The number of amides is 2. The number of halogens is 1. The molecule has 248 valence electrons. The Morgan fingerprint density at radius 2 is 1.47 bits per heavy atom. The highest BCUT2D eigenvalue weighted by Crippen LogP contribution is 2.34. The Morgan fingerprint density at radius 1 is 0.830 bits per heavy atom. The molecular weight excluding hydrogens is 638 g/mol. The van der Waals surface area contributed by atoms with Gasteiger partial charge < -0.3 is 19.7 Å². The van der Waals surface area contributed by atoms with Gasteiger partial charge in [-0.05, 0) is 53.9 Å². The number of unbranched alkanes of at least 4 members (excludes halogenated alkanes) is 1. The van der Waals surface area contributed by atoms with Gasteiger partial charge in [-0.15, -0.1) is 0 Å². The van der Waals surface area contributed by atoms with Crippen molar-refractivity contribution in [3.05, 3.63) is 119 Å². The van der Waals surface area contributed by atoms with E-state index in [9.17, 15) is 18.0 Å². The second-order valence-electron chi connectivity index (χ2n) is 10.9. The fourth-order valence-electron chi connectivity index (χ4n) is 5.08. The molecule has 0 aliphatic rings. The number of ether oxygens (including phenoxy) is 2. The van der Waals surface area contributed by atoms with Gasteiger partial charge >= 0.3 is 0 Å². The van der Waals surface area contributed by atoms with E-state index in [1.165, 1.54) is 37.3 Å². The van der Waals surface area contributed by atoms with Crippen molar-refractivity contribution >= 4 is 39.1 Å². The summed E-state index contributed by atoms with van der Waals surface area (Å²) in [4.78, 5) is 29.9. The zero-order valence-electron chi connectivity index (χ0n) is 26.8. The van der Waals surface area contributed by atoms with Crippen LogP contribution >= 0.6 is 11.6 Å². The fourth-order valence-corrected chi connectivity index (χ4v) is 6.63. The number of nitrogens with zero attached hydrogens (tertiary/aromatic N) is 2. The van der Waals surface area contributed by atoms with E-state index >= 15 is 0 Å². The van der Waals surface area contributed by atoms with Crippen LogP contribution in [0.1, 0.15) is 30.9 Å². The van der Waals surface area contributed by atoms with Crippen LogP contribution in [0.2, 0.25) is 5.02 Å². The molecule has 0 saturated carbocycles. The molecule has 1 unspecified atom stereocenters. The van der Waals surface area contributed by atoms with Crippen LogP contribution in [0.5, 0.6) is 11.5 Å². The number of carbonyl (C=O) groups excluding carboxylic acids is 2. The first-order valence-corrected chi connectivity index (χ1v) is 17.1. The fraction of sp³-hybridized carbons (Fsp3) is 0.278. The first-order chi connectivity index (χ1) is 22.7. The smallest absolute Gasteiger partial charge is 0.264 e. The molecule has 0 spiro atoms. The molecule has 0 fully saturated rings. The van der Waals surface area contributed by atoms with Gasteiger partial charge in [0.15, 0.2) is 11.5 Å². The summed E-state index contributed by atoms with van der Waals surface area (Å²) in [6.45, 7) is 1.93. The van der Waals surface area contributed by atoms with Crippen molar-refractivity contribution in [2.45, 2.75) is 43.7 Å². The molecule has 1 atom stereocenters. The van der Waals surface area contributed by atoms with Gasteiger partial charge in [-0.1, -0.05) is 85.6 Å². The number of hydrogen-bond donors (Lipinski definition) is 1. The van der Waals surface area contributed by atoms with E-state index in [-0.39, 0.29) is 29.5 Å². The number of rotatable bonds is 16. The summed E-state index contributed by atoms with van der Waals surface area (Å²) in [5.74, 6) is -0.203. The van der Waals surface area contributed by atoms with E-state index in [0.717, 1.165) is 28.3 Å². The van der Waals surface area contributed by atoms with Gasteiger partial charge in [-0.2, -0.15) is 0 Å². The van der Waals surface area contributed by atoms with Crippen LogP contribution in [0, 0.1) is 0 Å². The van der Waals surface area contributed by atoms with Gasteiger partial charge in [-0.25, -0.2) is 8.42 Å². The standard InChI is InChI=1S/C36H40ClN3O6S/c1-4-5-22-38-36(42)32(23-27-12-8-6-9-13-27)39(25-28-16-18-29(37)19-17-28)35(41)26-40(47(43,44)31-14-10-7-11-15-31)30-20-21-33(45-2)34(24-30)46-3/h6-21,24,32H,4-5,22-23,25-26H2,1-3H3,(H,38,42). The quantitative estimate of drug-likeness (QED) is 0.144. The summed E-state index contributed by atoms with van der Waals surface area (Å²) in [5.41, 5.74) is 1.77. The van der Waals surface area contributed by atoms with E-state index in [1.54, 1.807) is 54.6 Å². The Balaban J connectivity index is 1.81. The monoisotopic (exact) mass is 677 g/mol. The van der Waals surface area contributed by atoms with Crippen LogP contribution < -0.4 is 19.1 Å². The first-order valence-electron chi connectivity index (χ1n) is 15.3. The van der Waals surface area contributed by atoms with Gasteiger partial charge in [0, 0.05) is 30.6 Å². The molecule has 0 radical (unpaired) electrons. The van der Waals surface area contributed by atoms with E-state index in [0.29, 0.717) is 23.1 Å².